The van der Waals surface area contributed by atoms with Gasteiger partial charge in [0.25, 0.3) is 0 Å². The van der Waals surface area contributed by atoms with Crippen molar-refractivity contribution < 1.29 is 9.53 Å². The van der Waals surface area contributed by atoms with Gasteiger partial charge in [-0.15, -0.1) is 0 Å². The lowest BCUT2D eigenvalue weighted by Gasteiger charge is -2.33. The molecule has 0 spiro atoms. The topological polar surface area (TPSA) is 29.5 Å². The monoisotopic (exact) mass is 327 g/mol. The number of ether oxygens (including phenoxy) is 1. The molecule has 1 amide bonds. The second kappa shape index (κ2) is 9.03. The highest BCUT2D eigenvalue weighted by Gasteiger charge is 2.26. The second-order valence-electron chi connectivity index (χ2n) is 6.97. The molecule has 0 atom stereocenters. The molecule has 2 fully saturated rings. The van der Waals surface area contributed by atoms with Gasteiger partial charge in [0.05, 0.1) is 12.2 Å². The molecule has 3 heteroatoms. The third-order valence-electron chi connectivity index (χ3n) is 5.12. The van der Waals surface area contributed by atoms with Gasteiger partial charge in [0.2, 0.25) is 5.91 Å². The summed E-state index contributed by atoms with van der Waals surface area (Å²) in [6, 6.07) is 10.2. The number of benzene rings is 1. The molecule has 1 aromatic carbocycles. The molecule has 24 heavy (non-hydrogen) atoms. The van der Waals surface area contributed by atoms with Crippen LogP contribution in [0.25, 0.3) is 6.08 Å². The summed E-state index contributed by atoms with van der Waals surface area (Å²) in [7, 11) is 0. The fourth-order valence-electron chi connectivity index (χ4n) is 3.69. The van der Waals surface area contributed by atoms with Crippen LogP contribution >= 0.6 is 0 Å². The third-order valence-corrected chi connectivity index (χ3v) is 5.12. The molecule has 0 unspecified atom stereocenters. The van der Waals surface area contributed by atoms with E-state index in [4.69, 9.17) is 4.74 Å². The summed E-state index contributed by atoms with van der Waals surface area (Å²) in [6.45, 7) is 1.72. The van der Waals surface area contributed by atoms with Gasteiger partial charge in [-0.25, -0.2) is 0 Å². The van der Waals surface area contributed by atoms with Crippen LogP contribution in [0.5, 0.6) is 0 Å². The van der Waals surface area contributed by atoms with E-state index < -0.39 is 0 Å². The summed E-state index contributed by atoms with van der Waals surface area (Å²) in [5, 5.41) is 0. The summed E-state index contributed by atoms with van der Waals surface area (Å²) < 4.78 is 6.18. The highest BCUT2D eigenvalue weighted by molar-refractivity contribution is 5.76. The lowest BCUT2D eigenvalue weighted by atomic mass is 10.1. The van der Waals surface area contributed by atoms with E-state index in [1.807, 2.05) is 23.1 Å². The van der Waals surface area contributed by atoms with Gasteiger partial charge < -0.3 is 9.64 Å². The average molecular weight is 327 g/mol. The number of rotatable bonds is 6. The quantitative estimate of drug-likeness (QED) is 0.773. The van der Waals surface area contributed by atoms with Gasteiger partial charge in [-0.05, 0) is 37.7 Å². The van der Waals surface area contributed by atoms with Crippen molar-refractivity contribution in [1.29, 1.82) is 0 Å². The van der Waals surface area contributed by atoms with Crippen LogP contribution in [0.2, 0.25) is 0 Å². The van der Waals surface area contributed by atoms with Crippen molar-refractivity contribution in [3.63, 3.8) is 0 Å². The first-order valence-electron chi connectivity index (χ1n) is 9.46. The van der Waals surface area contributed by atoms with Crippen LogP contribution in [0, 0.1) is 0 Å². The number of nitrogens with zero attached hydrogens (tertiary/aromatic N) is 1. The molecule has 0 N–H and O–H groups in total. The van der Waals surface area contributed by atoms with E-state index in [2.05, 4.69) is 24.3 Å². The van der Waals surface area contributed by atoms with Crippen LogP contribution in [0.3, 0.4) is 0 Å². The van der Waals surface area contributed by atoms with E-state index in [-0.39, 0.29) is 5.91 Å². The Balaban J connectivity index is 1.33. The van der Waals surface area contributed by atoms with Crippen molar-refractivity contribution in [3.8, 4) is 0 Å². The minimum Gasteiger partial charge on any atom is -0.375 e. The third kappa shape index (κ3) is 5.20. The van der Waals surface area contributed by atoms with E-state index in [1.54, 1.807) is 0 Å². The molecule has 1 aliphatic heterocycles. The number of carbonyl (C=O) groups excluding carboxylic acids is 1. The first-order valence-corrected chi connectivity index (χ1v) is 9.46. The molecule has 1 aromatic rings. The Kier molecular flexibility index (Phi) is 6.48. The van der Waals surface area contributed by atoms with Crippen LogP contribution in [0.15, 0.2) is 36.4 Å². The van der Waals surface area contributed by atoms with Gasteiger partial charge in [0.15, 0.2) is 0 Å². The van der Waals surface area contributed by atoms with Gasteiger partial charge in [-0.1, -0.05) is 55.3 Å². The molecule has 130 valence electrons. The first-order chi connectivity index (χ1) is 11.8. The molecular weight excluding hydrogens is 298 g/mol. The molecule has 1 saturated carbocycles. The molecule has 1 aliphatic carbocycles. The molecular formula is C21H29NO2. The minimum atomic E-state index is 0.284. The Morgan fingerprint density at radius 3 is 2.42 bits per heavy atom. The van der Waals surface area contributed by atoms with Gasteiger partial charge in [-0.3, -0.25) is 4.79 Å². The Morgan fingerprint density at radius 1 is 1.04 bits per heavy atom. The molecule has 0 aromatic heterocycles. The van der Waals surface area contributed by atoms with Crippen molar-refractivity contribution >= 4 is 12.0 Å². The smallest absolute Gasteiger partial charge is 0.222 e. The van der Waals surface area contributed by atoms with Crippen LogP contribution in [0.1, 0.15) is 56.9 Å². The summed E-state index contributed by atoms with van der Waals surface area (Å²) in [4.78, 5) is 14.3. The Hall–Kier alpha value is -1.61. The number of hydrogen-bond acceptors (Lipinski definition) is 2. The molecule has 2 aliphatic rings. The Bertz CT molecular complexity index is 526. The summed E-state index contributed by atoms with van der Waals surface area (Å²) in [5.74, 6) is 0.284. The lowest BCUT2D eigenvalue weighted by Crippen LogP contribution is -2.41. The zero-order chi connectivity index (χ0) is 16.6. The summed E-state index contributed by atoms with van der Waals surface area (Å²) in [5.41, 5.74) is 1.19. The fourth-order valence-corrected chi connectivity index (χ4v) is 3.69. The number of likely N-dealkylation sites (tertiary alicyclic amines) is 1. The Morgan fingerprint density at radius 2 is 1.71 bits per heavy atom. The molecule has 1 saturated heterocycles. The largest absolute Gasteiger partial charge is 0.375 e. The van der Waals surface area contributed by atoms with E-state index in [0.717, 1.165) is 32.4 Å². The van der Waals surface area contributed by atoms with Gasteiger partial charge in [0.1, 0.15) is 0 Å². The van der Waals surface area contributed by atoms with Crippen LogP contribution in [-0.2, 0) is 9.53 Å². The fraction of sp³-hybridized carbons (Fsp3) is 0.571. The van der Waals surface area contributed by atoms with E-state index in [1.165, 1.54) is 31.2 Å². The highest BCUT2D eigenvalue weighted by atomic mass is 16.5. The standard InChI is InChI=1S/C21H29NO2/c23-21(13-7-4-10-18-8-2-1-3-9-18)22-16-14-20(15-17-22)24-19-11-5-6-12-19/h1-4,8-10,19-20H,5-7,11-17H2. The summed E-state index contributed by atoms with van der Waals surface area (Å²) >= 11 is 0. The number of allylic oxidation sites excluding steroid dienone is 1. The van der Waals surface area contributed by atoms with Crippen LogP contribution in [0.4, 0.5) is 0 Å². The average Bonchev–Trinajstić information content (AvgIpc) is 3.13. The maximum absolute atomic E-state index is 12.3. The zero-order valence-corrected chi connectivity index (χ0v) is 14.5. The van der Waals surface area contributed by atoms with Gasteiger partial charge in [0, 0.05) is 19.5 Å². The molecule has 0 bridgehead atoms. The van der Waals surface area contributed by atoms with Crippen LogP contribution < -0.4 is 0 Å². The lowest BCUT2D eigenvalue weighted by molar-refractivity contribution is -0.134. The van der Waals surface area contributed by atoms with E-state index in [9.17, 15) is 4.79 Å². The number of carbonyl (C=O) groups is 1. The number of amides is 1. The van der Waals surface area contributed by atoms with Crippen LogP contribution in [-0.4, -0.2) is 36.1 Å². The normalized spacial score (nSPS) is 20.1. The number of hydrogen-bond donors (Lipinski definition) is 0. The van der Waals surface area contributed by atoms with E-state index >= 15 is 0 Å². The van der Waals surface area contributed by atoms with Crippen molar-refractivity contribution in [3.05, 3.63) is 42.0 Å². The zero-order valence-electron chi connectivity index (χ0n) is 14.5. The van der Waals surface area contributed by atoms with Gasteiger partial charge in [-0.2, -0.15) is 0 Å². The van der Waals surface area contributed by atoms with Crippen molar-refractivity contribution in [2.45, 2.75) is 63.6 Å². The minimum absolute atomic E-state index is 0.284. The van der Waals surface area contributed by atoms with Crippen molar-refractivity contribution in [2.24, 2.45) is 0 Å². The van der Waals surface area contributed by atoms with Gasteiger partial charge >= 0.3 is 0 Å². The van der Waals surface area contributed by atoms with Crippen molar-refractivity contribution in [1.82, 2.24) is 4.90 Å². The van der Waals surface area contributed by atoms with Crippen molar-refractivity contribution in [2.75, 3.05) is 13.1 Å². The first kappa shape index (κ1) is 17.2. The molecule has 3 rings (SSSR count). The van der Waals surface area contributed by atoms with E-state index in [0.29, 0.717) is 18.6 Å². The maximum Gasteiger partial charge on any atom is 0.222 e. The maximum atomic E-state index is 12.3. The second-order valence-corrected chi connectivity index (χ2v) is 6.97. The predicted octanol–water partition coefficient (Wildman–Crippen LogP) is 4.43. The molecule has 1 heterocycles. The summed E-state index contributed by atoms with van der Waals surface area (Å²) in [6.07, 6.45) is 13.6. The molecule has 0 radical (unpaired) electrons. The highest BCUT2D eigenvalue weighted by Crippen LogP contribution is 2.25. The molecule has 3 nitrogen and oxygen atoms in total. The Labute approximate surface area is 145 Å². The predicted molar refractivity (Wildman–Crippen MR) is 97.7 cm³/mol. The number of piperidine rings is 1. The SMILES string of the molecule is O=C(CCC=Cc1ccccc1)N1CCC(OC2CCCC2)CC1.